The van der Waals surface area contributed by atoms with E-state index in [4.69, 9.17) is 9.97 Å². The molecule has 0 spiro atoms. The minimum Gasteiger partial charge on any atom is -0.294 e. The monoisotopic (exact) mass is 664 g/mol. The molecule has 0 aliphatic rings. The minimum atomic E-state index is 0.647. The van der Waals surface area contributed by atoms with Crippen molar-refractivity contribution in [2.45, 2.75) is 0 Å². The summed E-state index contributed by atoms with van der Waals surface area (Å²) < 4.78 is 9.34. The highest BCUT2D eigenvalue weighted by atomic mass is 15.2. The van der Waals surface area contributed by atoms with Crippen LogP contribution in [0.3, 0.4) is 0 Å². The number of hydrogen-bond acceptors (Lipinski definition) is 2. The summed E-state index contributed by atoms with van der Waals surface area (Å²) in [7, 11) is 0. The quantitative estimate of drug-likeness (QED) is 0.189. The summed E-state index contributed by atoms with van der Waals surface area (Å²) in [5, 5.41) is 5.81. The SMILES string of the molecule is c1ccc2cc(-c3nc(-n4c5ccccc5n5c6cc(-n7c8ccccc8n8c9ccccc9cc78)ccc6cc45)nc4ccccc34)ccc2c1. The smallest absolute Gasteiger partial charge is 0.237 e. The van der Waals surface area contributed by atoms with E-state index in [2.05, 4.69) is 188 Å². The molecule has 6 heteroatoms. The molecule has 0 aliphatic carbocycles. The van der Waals surface area contributed by atoms with E-state index < -0.39 is 0 Å². The lowest BCUT2D eigenvalue weighted by Gasteiger charge is -2.11. The maximum atomic E-state index is 5.37. The predicted molar refractivity (Wildman–Crippen MR) is 213 cm³/mol. The zero-order chi connectivity index (χ0) is 33.9. The molecule has 52 heavy (non-hydrogen) atoms. The van der Waals surface area contributed by atoms with Gasteiger partial charge < -0.3 is 0 Å². The Bertz CT molecular complexity index is 3430. The highest BCUT2D eigenvalue weighted by molar-refractivity contribution is 6.00. The second-order valence-electron chi connectivity index (χ2n) is 13.6. The van der Waals surface area contributed by atoms with Gasteiger partial charge >= 0.3 is 0 Å². The lowest BCUT2D eigenvalue weighted by molar-refractivity contribution is 1.00. The van der Waals surface area contributed by atoms with Crippen molar-refractivity contribution in [1.29, 1.82) is 0 Å². The number of hydrogen-bond donors (Lipinski definition) is 0. The fourth-order valence-corrected chi connectivity index (χ4v) is 8.42. The van der Waals surface area contributed by atoms with Crippen molar-refractivity contribution >= 4 is 76.8 Å². The molecule has 12 rings (SSSR count). The second kappa shape index (κ2) is 10.2. The van der Waals surface area contributed by atoms with Crippen molar-refractivity contribution in [2.24, 2.45) is 0 Å². The number of benzene rings is 7. The number of imidazole rings is 2. The Morgan fingerprint density at radius 3 is 1.75 bits per heavy atom. The third-order valence-corrected chi connectivity index (χ3v) is 10.7. The molecule has 7 aromatic carbocycles. The van der Waals surface area contributed by atoms with Gasteiger partial charge in [-0.3, -0.25) is 17.9 Å². The number of fused-ring (bicyclic) bond motifs is 12. The molecule has 0 fully saturated rings. The lowest BCUT2D eigenvalue weighted by Crippen LogP contribution is -2.03. The first-order valence-corrected chi connectivity index (χ1v) is 17.6. The molecule has 0 bridgehead atoms. The normalized spacial score (nSPS) is 12.2. The fraction of sp³-hybridized carbons (Fsp3) is 0. The third-order valence-electron chi connectivity index (χ3n) is 10.7. The number of rotatable bonds is 3. The van der Waals surface area contributed by atoms with Gasteiger partial charge in [-0.25, -0.2) is 9.97 Å². The molecule has 0 saturated heterocycles. The standard InChI is InChI=1S/C46H28N6/c1-2-12-30-25-33(22-21-29(30)11-1)45-35-14-4-5-15-36(35)47-46(48-45)52-41-20-10-9-19-40(41)51-42-28-34(24-23-32(42)27-44(51)52)49-38-17-7-8-18-39(38)50-37-16-6-3-13-31(37)26-43(49)50/h1-28H. The van der Waals surface area contributed by atoms with E-state index in [0.29, 0.717) is 5.95 Å². The van der Waals surface area contributed by atoms with Crippen LogP contribution in [0.2, 0.25) is 0 Å². The van der Waals surface area contributed by atoms with Crippen molar-refractivity contribution in [3.63, 3.8) is 0 Å². The Balaban J connectivity index is 1.13. The van der Waals surface area contributed by atoms with Crippen LogP contribution in [0.25, 0.3) is 99.7 Å². The topological polar surface area (TPSA) is 44.5 Å². The summed E-state index contributed by atoms with van der Waals surface area (Å²) in [5.74, 6) is 0.647. The average Bonchev–Trinajstić information content (AvgIpc) is 3.93. The maximum absolute atomic E-state index is 5.37. The molecule has 5 heterocycles. The van der Waals surface area contributed by atoms with Gasteiger partial charge in [-0.2, -0.15) is 0 Å². The Morgan fingerprint density at radius 2 is 0.942 bits per heavy atom. The third kappa shape index (κ3) is 3.72. The number of aromatic nitrogens is 6. The summed E-state index contributed by atoms with van der Waals surface area (Å²) in [6, 6.07) is 60.6. The van der Waals surface area contributed by atoms with Crippen LogP contribution < -0.4 is 0 Å². The first-order chi connectivity index (χ1) is 25.8. The van der Waals surface area contributed by atoms with Gasteiger partial charge in [0, 0.05) is 27.4 Å². The van der Waals surface area contributed by atoms with Gasteiger partial charge in [-0.1, -0.05) is 103 Å². The highest BCUT2D eigenvalue weighted by Crippen LogP contribution is 2.36. The van der Waals surface area contributed by atoms with Crippen LogP contribution in [0.15, 0.2) is 170 Å². The van der Waals surface area contributed by atoms with E-state index in [9.17, 15) is 0 Å². The molecule has 0 radical (unpaired) electrons. The van der Waals surface area contributed by atoms with E-state index in [1.807, 2.05) is 0 Å². The molecule has 12 aromatic rings. The van der Waals surface area contributed by atoms with Crippen LogP contribution in [0, 0.1) is 0 Å². The van der Waals surface area contributed by atoms with Crippen LogP contribution in [0.5, 0.6) is 0 Å². The maximum Gasteiger partial charge on any atom is 0.237 e. The van der Waals surface area contributed by atoms with Crippen LogP contribution in [0.1, 0.15) is 0 Å². The molecule has 0 N–H and O–H groups in total. The Morgan fingerprint density at radius 1 is 0.365 bits per heavy atom. The first-order valence-electron chi connectivity index (χ1n) is 17.6. The molecule has 0 unspecified atom stereocenters. The van der Waals surface area contributed by atoms with Crippen LogP contribution in [-0.2, 0) is 0 Å². The van der Waals surface area contributed by atoms with Crippen LogP contribution >= 0.6 is 0 Å². The summed E-state index contributed by atoms with van der Waals surface area (Å²) in [6.07, 6.45) is 0. The van der Waals surface area contributed by atoms with E-state index in [0.717, 1.165) is 61.1 Å². The zero-order valence-corrected chi connectivity index (χ0v) is 27.8. The van der Waals surface area contributed by atoms with Crippen molar-refractivity contribution in [1.82, 2.24) is 27.9 Å². The Hall–Kier alpha value is -7.18. The second-order valence-corrected chi connectivity index (χ2v) is 13.6. The number of nitrogens with zero attached hydrogens (tertiary/aromatic N) is 6. The van der Waals surface area contributed by atoms with Gasteiger partial charge in [0.05, 0.1) is 44.3 Å². The largest absolute Gasteiger partial charge is 0.294 e. The van der Waals surface area contributed by atoms with Gasteiger partial charge in [0.15, 0.2) is 0 Å². The summed E-state index contributed by atoms with van der Waals surface area (Å²) >= 11 is 0. The van der Waals surface area contributed by atoms with E-state index in [1.54, 1.807) is 0 Å². The number of para-hydroxylation sites is 6. The van der Waals surface area contributed by atoms with Crippen molar-refractivity contribution < 1.29 is 0 Å². The van der Waals surface area contributed by atoms with Crippen LogP contribution in [-0.4, -0.2) is 27.9 Å². The Kier molecular flexibility index (Phi) is 5.41. The van der Waals surface area contributed by atoms with Crippen molar-refractivity contribution in [2.75, 3.05) is 0 Å². The average molecular weight is 665 g/mol. The summed E-state index contributed by atoms with van der Waals surface area (Å²) in [5.41, 5.74) is 13.0. The minimum absolute atomic E-state index is 0.647. The lowest BCUT2D eigenvalue weighted by atomic mass is 10.0. The van der Waals surface area contributed by atoms with Gasteiger partial charge in [0.1, 0.15) is 11.3 Å². The van der Waals surface area contributed by atoms with Gasteiger partial charge in [-0.15, -0.1) is 0 Å². The Labute approximate surface area is 296 Å². The molecule has 6 nitrogen and oxygen atoms in total. The molecular formula is C46H28N6. The first kappa shape index (κ1) is 27.6. The van der Waals surface area contributed by atoms with Gasteiger partial charge in [-0.05, 0) is 77.5 Å². The van der Waals surface area contributed by atoms with Gasteiger partial charge in [0.25, 0.3) is 0 Å². The van der Waals surface area contributed by atoms with E-state index in [-0.39, 0.29) is 0 Å². The summed E-state index contributed by atoms with van der Waals surface area (Å²) in [4.78, 5) is 10.6. The molecule has 0 atom stereocenters. The van der Waals surface area contributed by atoms with Crippen molar-refractivity contribution in [3.8, 4) is 22.9 Å². The highest BCUT2D eigenvalue weighted by Gasteiger charge is 2.21. The van der Waals surface area contributed by atoms with E-state index in [1.165, 1.54) is 32.7 Å². The molecular weight excluding hydrogens is 637 g/mol. The zero-order valence-electron chi connectivity index (χ0n) is 27.8. The molecule has 242 valence electrons. The molecule has 0 aliphatic heterocycles. The molecule has 0 amide bonds. The van der Waals surface area contributed by atoms with Crippen molar-refractivity contribution in [3.05, 3.63) is 170 Å². The van der Waals surface area contributed by atoms with Crippen LogP contribution in [0.4, 0.5) is 0 Å². The fourth-order valence-electron chi connectivity index (χ4n) is 8.42. The van der Waals surface area contributed by atoms with Gasteiger partial charge in [0.2, 0.25) is 5.95 Å². The predicted octanol–water partition coefficient (Wildman–Crippen LogP) is 11.1. The molecule has 0 saturated carbocycles. The van der Waals surface area contributed by atoms with E-state index >= 15 is 0 Å². The molecule has 5 aromatic heterocycles. The summed E-state index contributed by atoms with van der Waals surface area (Å²) in [6.45, 7) is 0.